The monoisotopic (exact) mass is 348 g/mol. The molecule has 0 aliphatic heterocycles. The number of amides is 2. The van der Waals surface area contributed by atoms with E-state index in [1.165, 1.54) is 0 Å². The summed E-state index contributed by atoms with van der Waals surface area (Å²) in [5.74, 6) is -0.151. The van der Waals surface area contributed by atoms with E-state index in [4.69, 9.17) is 4.74 Å². The smallest absolute Gasteiger partial charge is 0.276 e. The predicted molar refractivity (Wildman–Crippen MR) is 101 cm³/mol. The van der Waals surface area contributed by atoms with Gasteiger partial charge in [0.25, 0.3) is 11.8 Å². The first-order valence-electron chi connectivity index (χ1n) is 8.31. The Kier molecular flexibility index (Phi) is 5.17. The minimum atomic E-state index is -0.431. The summed E-state index contributed by atoms with van der Waals surface area (Å²) in [7, 11) is 0. The van der Waals surface area contributed by atoms with E-state index in [0.717, 1.165) is 21.9 Å². The summed E-state index contributed by atoms with van der Waals surface area (Å²) in [6.45, 7) is 3.69. The second-order valence-corrected chi connectivity index (χ2v) is 6.09. The molecule has 0 aromatic heterocycles. The maximum Gasteiger partial charge on any atom is 0.276 e. The van der Waals surface area contributed by atoms with Crippen molar-refractivity contribution in [1.29, 1.82) is 0 Å². The number of aryl methyl sites for hydroxylation is 2. The SMILES string of the molecule is Cc1ccc(C)c(OCC(=O)NNC(=O)c2cccc3ccccc23)c1. The number of hydrazine groups is 1. The Hall–Kier alpha value is -3.34. The van der Waals surface area contributed by atoms with E-state index >= 15 is 0 Å². The van der Waals surface area contributed by atoms with Crippen LogP contribution < -0.4 is 15.6 Å². The molecule has 2 amide bonds. The molecular formula is C21H20N2O3. The minimum absolute atomic E-state index is 0.180. The lowest BCUT2D eigenvalue weighted by Crippen LogP contribution is -2.43. The Morgan fingerprint density at radius 3 is 2.54 bits per heavy atom. The van der Waals surface area contributed by atoms with Crippen LogP contribution >= 0.6 is 0 Å². The molecule has 0 heterocycles. The first-order chi connectivity index (χ1) is 12.5. The maximum atomic E-state index is 12.4. The summed E-state index contributed by atoms with van der Waals surface area (Å²) in [4.78, 5) is 24.3. The van der Waals surface area contributed by atoms with E-state index in [0.29, 0.717) is 11.3 Å². The summed E-state index contributed by atoms with van der Waals surface area (Å²) in [6, 6.07) is 18.8. The molecule has 0 aliphatic carbocycles. The lowest BCUT2D eigenvalue weighted by Gasteiger charge is -2.11. The number of carbonyl (C=O) groups is 2. The number of hydrogen-bond acceptors (Lipinski definition) is 3. The standard InChI is InChI=1S/C21H20N2O3/c1-14-10-11-15(2)19(12-14)26-13-20(24)22-23-21(25)18-9-5-7-16-6-3-4-8-17(16)18/h3-12H,13H2,1-2H3,(H,22,24)(H,23,25). The molecule has 5 heteroatoms. The number of nitrogens with one attached hydrogen (secondary N) is 2. The first-order valence-corrected chi connectivity index (χ1v) is 8.31. The van der Waals surface area contributed by atoms with Crippen molar-refractivity contribution in [1.82, 2.24) is 10.9 Å². The van der Waals surface area contributed by atoms with Gasteiger partial charge in [-0.25, -0.2) is 0 Å². The Morgan fingerprint density at radius 2 is 1.69 bits per heavy atom. The van der Waals surface area contributed by atoms with Crippen molar-refractivity contribution in [3.8, 4) is 5.75 Å². The number of rotatable bonds is 4. The van der Waals surface area contributed by atoms with Crippen molar-refractivity contribution in [3.05, 3.63) is 77.4 Å². The average Bonchev–Trinajstić information content (AvgIpc) is 2.66. The van der Waals surface area contributed by atoms with E-state index < -0.39 is 5.91 Å². The predicted octanol–water partition coefficient (Wildman–Crippen LogP) is 3.30. The van der Waals surface area contributed by atoms with Gasteiger partial charge in [0.2, 0.25) is 0 Å². The van der Waals surface area contributed by atoms with Gasteiger partial charge in [-0.3, -0.25) is 20.4 Å². The van der Waals surface area contributed by atoms with E-state index in [1.807, 2.05) is 68.4 Å². The molecule has 0 radical (unpaired) electrons. The van der Waals surface area contributed by atoms with Crippen LogP contribution in [0.1, 0.15) is 21.5 Å². The molecule has 132 valence electrons. The van der Waals surface area contributed by atoms with Gasteiger partial charge in [-0.2, -0.15) is 0 Å². The first kappa shape index (κ1) is 17.5. The van der Waals surface area contributed by atoms with Gasteiger partial charge in [0, 0.05) is 5.56 Å². The van der Waals surface area contributed by atoms with Gasteiger partial charge in [0.15, 0.2) is 6.61 Å². The van der Waals surface area contributed by atoms with Gasteiger partial charge >= 0.3 is 0 Å². The van der Waals surface area contributed by atoms with Crippen LogP contribution in [0.25, 0.3) is 10.8 Å². The van der Waals surface area contributed by atoms with Crippen LogP contribution in [0.15, 0.2) is 60.7 Å². The molecule has 0 aliphatic rings. The number of carbonyl (C=O) groups excluding carboxylic acids is 2. The molecule has 0 spiro atoms. The number of fused-ring (bicyclic) bond motifs is 1. The minimum Gasteiger partial charge on any atom is -0.483 e. The van der Waals surface area contributed by atoms with Crippen LogP contribution in [0, 0.1) is 13.8 Å². The summed E-state index contributed by atoms with van der Waals surface area (Å²) < 4.78 is 5.52. The fourth-order valence-electron chi connectivity index (χ4n) is 2.66. The van der Waals surface area contributed by atoms with Gasteiger partial charge in [-0.05, 0) is 47.9 Å². The van der Waals surface area contributed by atoms with Crippen LogP contribution in [0.2, 0.25) is 0 Å². The molecule has 0 unspecified atom stereocenters. The van der Waals surface area contributed by atoms with Crippen LogP contribution in [-0.4, -0.2) is 18.4 Å². The van der Waals surface area contributed by atoms with E-state index in [9.17, 15) is 9.59 Å². The van der Waals surface area contributed by atoms with Crippen LogP contribution in [0.5, 0.6) is 5.75 Å². The molecule has 5 nitrogen and oxygen atoms in total. The zero-order valence-corrected chi connectivity index (χ0v) is 14.7. The van der Waals surface area contributed by atoms with Gasteiger partial charge in [-0.15, -0.1) is 0 Å². The van der Waals surface area contributed by atoms with Crippen molar-refractivity contribution in [3.63, 3.8) is 0 Å². The Bertz CT molecular complexity index is 961. The second kappa shape index (κ2) is 7.70. The summed E-state index contributed by atoms with van der Waals surface area (Å²) in [6.07, 6.45) is 0. The van der Waals surface area contributed by atoms with Gasteiger partial charge in [-0.1, -0.05) is 48.5 Å². The second-order valence-electron chi connectivity index (χ2n) is 6.09. The molecule has 2 N–H and O–H groups in total. The lowest BCUT2D eigenvalue weighted by molar-refractivity contribution is -0.123. The molecule has 0 bridgehead atoms. The highest BCUT2D eigenvalue weighted by molar-refractivity contribution is 6.07. The highest BCUT2D eigenvalue weighted by Crippen LogP contribution is 2.19. The molecule has 3 rings (SSSR count). The Labute approximate surface area is 152 Å². The number of ether oxygens (including phenoxy) is 1. The van der Waals surface area contributed by atoms with Crippen molar-refractivity contribution >= 4 is 22.6 Å². The quantitative estimate of drug-likeness (QED) is 0.711. The fourth-order valence-corrected chi connectivity index (χ4v) is 2.66. The van der Waals surface area contributed by atoms with E-state index in [1.54, 1.807) is 6.07 Å². The fraction of sp³-hybridized carbons (Fsp3) is 0.143. The highest BCUT2D eigenvalue weighted by atomic mass is 16.5. The summed E-state index contributed by atoms with van der Waals surface area (Å²) in [5, 5.41) is 1.79. The Balaban J connectivity index is 1.59. The largest absolute Gasteiger partial charge is 0.483 e. The number of hydrogen-bond donors (Lipinski definition) is 2. The molecule has 0 saturated carbocycles. The van der Waals surface area contributed by atoms with Crippen LogP contribution in [0.4, 0.5) is 0 Å². The van der Waals surface area contributed by atoms with Crippen molar-refractivity contribution in [2.24, 2.45) is 0 Å². The zero-order valence-electron chi connectivity index (χ0n) is 14.7. The van der Waals surface area contributed by atoms with Gasteiger partial charge in [0.05, 0.1) is 0 Å². The molecule has 3 aromatic carbocycles. The third-order valence-electron chi connectivity index (χ3n) is 4.05. The van der Waals surface area contributed by atoms with Gasteiger partial charge < -0.3 is 4.74 Å². The van der Waals surface area contributed by atoms with Crippen molar-refractivity contribution in [2.45, 2.75) is 13.8 Å². The molecule has 3 aromatic rings. The third-order valence-corrected chi connectivity index (χ3v) is 4.05. The van der Waals surface area contributed by atoms with Gasteiger partial charge in [0.1, 0.15) is 5.75 Å². The molecule has 0 atom stereocenters. The molecule has 0 saturated heterocycles. The highest BCUT2D eigenvalue weighted by Gasteiger charge is 2.11. The van der Waals surface area contributed by atoms with E-state index in [-0.39, 0.29) is 12.5 Å². The third kappa shape index (κ3) is 4.00. The van der Waals surface area contributed by atoms with Crippen LogP contribution in [-0.2, 0) is 4.79 Å². The molecule has 0 fully saturated rings. The average molecular weight is 348 g/mol. The Morgan fingerprint density at radius 1 is 0.923 bits per heavy atom. The van der Waals surface area contributed by atoms with Crippen molar-refractivity contribution in [2.75, 3.05) is 6.61 Å². The van der Waals surface area contributed by atoms with E-state index in [2.05, 4.69) is 10.9 Å². The summed E-state index contributed by atoms with van der Waals surface area (Å²) >= 11 is 0. The molecule has 26 heavy (non-hydrogen) atoms. The van der Waals surface area contributed by atoms with Crippen molar-refractivity contribution < 1.29 is 14.3 Å². The maximum absolute atomic E-state index is 12.4. The number of benzene rings is 3. The topological polar surface area (TPSA) is 67.4 Å². The molecular weight excluding hydrogens is 328 g/mol. The lowest BCUT2D eigenvalue weighted by atomic mass is 10.0. The zero-order chi connectivity index (χ0) is 18.5. The normalized spacial score (nSPS) is 10.4. The van der Waals surface area contributed by atoms with Crippen LogP contribution in [0.3, 0.4) is 0 Å². The summed E-state index contributed by atoms with van der Waals surface area (Å²) in [5.41, 5.74) is 7.32.